The van der Waals surface area contributed by atoms with E-state index in [4.69, 9.17) is 11.2 Å². The van der Waals surface area contributed by atoms with Crippen LogP contribution in [0.1, 0.15) is 78.1 Å². The Kier molecular flexibility index (Phi) is 12.2. The first kappa shape index (κ1) is 22.8. The topological polar surface area (TPSA) is 29.5 Å². The predicted molar refractivity (Wildman–Crippen MR) is 109 cm³/mol. The van der Waals surface area contributed by atoms with Gasteiger partial charge >= 0.3 is 6.09 Å². The van der Waals surface area contributed by atoms with Crippen molar-refractivity contribution in [2.24, 2.45) is 0 Å². The van der Waals surface area contributed by atoms with Crippen molar-refractivity contribution in [1.29, 1.82) is 0 Å². The highest BCUT2D eigenvalue weighted by atomic mass is 16.6. The van der Waals surface area contributed by atoms with Gasteiger partial charge in [-0.05, 0) is 25.7 Å². The van der Waals surface area contributed by atoms with Crippen LogP contribution in [0.15, 0.2) is 0 Å². The molecule has 0 atom stereocenters. The van der Waals surface area contributed by atoms with Gasteiger partial charge in [0.25, 0.3) is 0 Å². The van der Waals surface area contributed by atoms with Crippen molar-refractivity contribution in [1.82, 2.24) is 4.90 Å². The summed E-state index contributed by atoms with van der Waals surface area (Å²) in [7, 11) is 0. The van der Waals surface area contributed by atoms with E-state index >= 15 is 0 Å². The second kappa shape index (κ2) is 13.9. The first-order valence-electron chi connectivity index (χ1n) is 10.9. The summed E-state index contributed by atoms with van der Waals surface area (Å²) in [6, 6.07) is 0. The van der Waals surface area contributed by atoms with Crippen LogP contribution < -0.4 is 0 Å². The molecule has 1 aliphatic heterocycles. The number of ether oxygens (including phenoxy) is 1. The Hall–Kier alpha value is -1.21. The lowest BCUT2D eigenvalue weighted by atomic mass is 10.1. The molecule has 1 heterocycles. The number of nitrogens with zero attached hydrogens (tertiary/aromatic N) is 2. The van der Waals surface area contributed by atoms with E-state index in [1.54, 1.807) is 0 Å². The molecule has 0 radical (unpaired) electrons. The quantitative estimate of drug-likeness (QED) is 0.266. The fraction of sp³-hybridized carbons (Fsp3) is 0.864. The lowest BCUT2D eigenvalue weighted by molar-refractivity contribution is -0.925. The Morgan fingerprint density at radius 1 is 0.962 bits per heavy atom. The summed E-state index contributed by atoms with van der Waals surface area (Å²) in [4.78, 5) is 13.7. The molecule has 0 unspecified atom stereocenters. The molecule has 0 aromatic carbocycles. The molecule has 1 fully saturated rings. The molecular weight excluding hydrogens is 324 g/mol. The third-order valence-corrected chi connectivity index (χ3v) is 5.63. The van der Waals surface area contributed by atoms with Crippen molar-refractivity contribution in [3.63, 3.8) is 0 Å². The van der Waals surface area contributed by atoms with Crippen LogP contribution in [0.2, 0.25) is 0 Å². The summed E-state index contributed by atoms with van der Waals surface area (Å²) in [6.07, 6.45) is 19.1. The smallest absolute Gasteiger partial charge is 0.410 e. The van der Waals surface area contributed by atoms with Crippen molar-refractivity contribution < 1.29 is 14.0 Å². The SMILES string of the molecule is C#CC[N+]1(CCCCCCCCCCCC)CCN(C(=O)OCC)CC1. The summed E-state index contributed by atoms with van der Waals surface area (Å²) in [6.45, 7) is 9.94. The van der Waals surface area contributed by atoms with E-state index in [0.29, 0.717) is 6.61 Å². The van der Waals surface area contributed by atoms with Gasteiger partial charge in [0.2, 0.25) is 0 Å². The third-order valence-electron chi connectivity index (χ3n) is 5.63. The molecule has 0 saturated carbocycles. The Bertz CT molecular complexity index is 409. The van der Waals surface area contributed by atoms with E-state index in [1.807, 2.05) is 11.8 Å². The molecule has 1 saturated heterocycles. The van der Waals surface area contributed by atoms with Gasteiger partial charge in [-0.1, -0.05) is 58.3 Å². The highest BCUT2D eigenvalue weighted by Gasteiger charge is 2.33. The summed E-state index contributed by atoms with van der Waals surface area (Å²) in [5, 5.41) is 0. The molecule has 1 amide bonds. The average molecular weight is 366 g/mol. The first-order chi connectivity index (χ1) is 12.7. The van der Waals surface area contributed by atoms with Gasteiger partial charge in [-0.2, -0.15) is 0 Å². The Labute approximate surface area is 161 Å². The largest absolute Gasteiger partial charge is 0.450 e. The maximum Gasteiger partial charge on any atom is 0.410 e. The van der Waals surface area contributed by atoms with Crippen LogP contribution in [0.25, 0.3) is 0 Å². The molecule has 4 nitrogen and oxygen atoms in total. The second-order valence-corrected chi connectivity index (χ2v) is 7.74. The normalized spacial score (nSPS) is 16.3. The van der Waals surface area contributed by atoms with E-state index in [1.165, 1.54) is 64.2 Å². The number of piperazine rings is 1. The van der Waals surface area contributed by atoms with Crippen LogP contribution in [-0.2, 0) is 4.74 Å². The van der Waals surface area contributed by atoms with Crippen LogP contribution in [0.3, 0.4) is 0 Å². The standard InChI is InChI=1S/C22H41N2O2/c1-4-7-8-9-10-11-12-13-14-15-19-24(18-5-2)20-16-23(17-21-24)22(25)26-6-3/h2H,4,6-21H2,1,3H3/q+1. The van der Waals surface area contributed by atoms with Crippen molar-refractivity contribution >= 4 is 6.09 Å². The van der Waals surface area contributed by atoms with Crippen LogP contribution in [-0.4, -0.2) is 61.4 Å². The zero-order valence-corrected chi connectivity index (χ0v) is 17.3. The fourth-order valence-corrected chi connectivity index (χ4v) is 3.88. The lowest BCUT2D eigenvalue weighted by Crippen LogP contribution is -2.61. The second-order valence-electron chi connectivity index (χ2n) is 7.74. The zero-order chi connectivity index (χ0) is 19.1. The van der Waals surface area contributed by atoms with Gasteiger partial charge in [0.15, 0.2) is 0 Å². The number of hydrogen-bond donors (Lipinski definition) is 0. The van der Waals surface area contributed by atoms with Gasteiger partial charge in [0, 0.05) is 0 Å². The Balaban J connectivity index is 2.18. The molecule has 0 bridgehead atoms. The van der Waals surface area contributed by atoms with Crippen molar-refractivity contribution in [2.45, 2.75) is 78.1 Å². The number of unbranched alkanes of at least 4 members (excludes halogenated alkanes) is 9. The number of hydrogen-bond acceptors (Lipinski definition) is 2. The number of quaternary nitrogens is 1. The minimum atomic E-state index is -0.176. The van der Waals surface area contributed by atoms with Crippen molar-refractivity contribution in [2.75, 3.05) is 45.9 Å². The van der Waals surface area contributed by atoms with Gasteiger partial charge in [-0.25, -0.2) is 4.79 Å². The molecule has 0 aliphatic carbocycles. The summed E-state index contributed by atoms with van der Waals surface area (Å²) >= 11 is 0. The van der Waals surface area contributed by atoms with Crippen molar-refractivity contribution in [3.8, 4) is 12.3 Å². The Morgan fingerprint density at radius 3 is 2.00 bits per heavy atom. The number of rotatable bonds is 13. The summed E-state index contributed by atoms with van der Waals surface area (Å²) < 4.78 is 6.09. The van der Waals surface area contributed by atoms with E-state index in [9.17, 15) is 4.79 Å². The monoisotopic (exact) mass is 365 g/mol. The van der Waals surface area contributed by atoms with Gasteiger partial charge in [0.05, 0.1) is 39.3 Å². The van der Waals surface area contributed by atoms with Crippen LogP contribution in [0, 0.1) is 12.3 Å². The fourth-order valence-electron chi connectivity index (χ4n) is 3.88. The Morgan fingerprint density at radius 2 is 1.50 bits per heavy atom. The molecule has 1 rings (SSSR count). The number of amides is 1. The van der Waals surface area contributed by atoms with E-state index < -0.39 is 0 Å². The highest BCUT2D eigenvalue weighted by molar-refractivity contribution is 5.67. The predicted octanol–water partition coefficient (Wildman–Crippen LogP) is 4.83. The maximum absolute atomic E-state index is 11.9. The lowest BCUT2D eigenvalue weighted by Gasteiger charge is -2.43. The number of carbonyl (C=O) groups excluding carboxylic acids is 1. The van der Waals surface area contributed by atoms with Crippen LogP contribution in [0.4, 0.5) is 4.79 Å². The third kappa shape index (κ3) is 8.94. The minimum Gasteiger partial charge on any atom is -0.450 e. The van der Waals surface area contributed by atoms with Crippen molar-refractivity contribution in [3.05, 3.63) is 0 Å². The summed E-state index contributed by atoms with van der Waals surface area (Å²) in [5.74, 6) is 2.87. The average Bonchev–Trinajstić information content (AvgIpc) is 2.64. The van der Waals surface area contributed by atoms with Gasteiger partial charge in [0.1, 0.15) is 6.54 Å². The zero-order valence-electron chi connectivity index (χ0n) is 17.3. The minimum absolute atomic E-state index is 0.176. The van der Waals surface area contributed by atoms with Gasteiger partial charge in [-0.3, -0.25) is 4.90 Å². The summed E-state index contributed by atoms with van der Waals surface area (Å²) in [5.41, 5.74) is 0. The first-order valence-corrected chi connectivity index (χ1v) is 10.9. The molecule has 0 N–H and O–H groups in total. The molecule has 0 aromatic rings. The molecular formula is C22H41N2O2+. The number of terminal acetylenes is 1. The number of carbonyl (C=O) groups is 1. The molecule has 150 valence electrons. The van der Waals surface area contributed by atoms with Crippen LogP contribution >= 0.6 is 0 Å². The van der Waals surface area contributed by atoms with Gasteiger partial charge < -0.3 is 9.22 Å². The van der Waals surface area contributed by atoms with Crippen LogP contribution in [0.5, 0.6) is 0 Å². The van der Waals surface area contributed by atoms with E-state index in [0.717, 1.165) is 43.8 Å². The molecule has 4 heteroatoms. The molecule has 1 aliphatic rings. The molecule has 0 aromatic heterocycles. The van der Waals surface area contributed by atoms with Gasteiger partial charge in [-0.15, -0.1) is 6.42 Å². The van der Waals surface area contributed by atoms with E-state index in [2.05, 4.69) is 12.8 Å². The highest BCUT2D eigenvalue weighted by Crippen LogP contribution is 2.17. The maximum atomic E-state index is 11.9. The molecule has 26 heavy (non-hydrogen) atoms. The van der Waals surface area contributed by atoms with E-state index in [-0.39, 0.29) is 6.09 Å². The molecule has 0 spiro atoms.